The minimum absolute atomic E-state index is 0.0937. The van der Waals surface area contributed by atoms with Crippen LogP contribution in [0.1, 0.15) is 0 Å². The Morgan fingerprint density at radius 1 is 1.50 bits per heavy atom. The third-order valence-corrected chi connectivity index (χ3v) is 2.51. The molecule has 0 saturated carbocycles. The summed E-state index contributed by atoms with van der Waals surface area (Å²) < 4.78 is 5.29. The largest absolute Gasteiger partial charge is 0.485 e. The Morgan fingerprint density at radius 2 is 2.17 bits per heavy atom. The van der Waals surface area contributed by atoms with E-state index in [0.717, 1.165) is 0 Å². The summed E-state index contributed by atoms with van der Waals surface area (Å²) >= 11 is 5.39. The van der Waals surface area contributed by atoms with Crippen molar-refractivity contribution in [3.05, 3.63) is 34.4 Å². The maximum absolute atomic E-state index is 11.2. The molecule has 6 nitrogen and oxygen atoms in total. The molecule has 0 heterocycles. The van der Waals surface area contributed by atoms with Crippen molar-refractivity contribution < 1.29 is 14.5 Å². The van der Waals surface area contributed by atoms with Gasteiger partial charge in [-0.2, -0.15) is 0 Å². The van der Waals surface area contributed by atoms with Crippen molar-refractivity contribution in [2.45, 2.75) is 0 Å². The van der Waals surface area contributed by atoms with Gasteiger partial charge in [0.05, 0.1) is 11.5 Å². The number of amides is 1. The van der Waals surface area contributed by atoms with E-state index in [1.165, 1.54) is 17.0 Å². The van der Waals surface area contributed by atoms with Gasteiger partial charge in [0, 0.05) is 13.1 Å². The molecule has 1 aromatic carbocycles. The number of nitro groups is 1. The van der Waals surface area contributed by atoms with E-state index < -0.39 is 4.92 Å². The molecule has 0 N–H and O–H groups in total. The summed E-state index contributed by atoms with van der Waals surface area (Å²) in [6.07, 6.45) is 0. The van der Waals surface area contributed by atoms with Crippen LogP contribution in [0.4, 0.5) is 5.69 Å². The van der Waals surface area contributed by atoms with Gasteiger partial charge in [0.25, 0.3) is 0 Å². The molecule has 1 aromatic rings. The van der Waals surface area contributed by atoms with Crippen LogP contribution < -0.4 is 4.74 Å². The lowest BCUT2D eigenvalue weighted by Gasteiger charge is -2.15. The number of likely N-dealkylation sites (N-methyl/N-ethyl adjacent to an activating group) is 1. The van der Waals surface area contributed by atoms with Gasteiger partial charge in [0.15, 0.2) is 5.75 Å². The molecule has 0 aliphatic heterocycles. The number of carbonyl (C=O) groups excluding carboxylic acids is 1. The average Bonchev–Trinajstić information content (AvgIpc) is 2.38. The van der Waals surface area contributed by atoms with Crippen LogP contribution in [-0.4, -0.2) is 41.8 Å². The highest BCUT2D eigenvalue weighted by Crippen LogP contribution is 2.25. The fourth-order valence-electron chi connectivity index (χ4n) is 1.25. The lowest BCUT2D eigenvalue weighted by molar-refractivity contribution is -0.385. The monoisotopic (exact) mass is 272 g/mol. The second-order valence-corrected chi connectivity index (χ2v) is 3.79. The first kappa shape index (κ1) is 14.2. The van der Waals surface area contributed by atoms with Crippen molar-refractivity contribution in [1.82, 2.24) is 4.90 Å². The smallest absolute Gasteiger partial charge is 0.310 e. The van der Waals surface area contributed by atoms with E-state index in [4.69, 9.17) is 16.3 Å². The molecule has 18 heavy (non-hydrogen) atoms. The van der Waals surface area contributed by atoms with Gasteiger partial charge in [-0.15, -0.1) is 11.6 Å². The van der Waals surface area contributed by atoms with Crippen molar-refractivity contribution in [3.63, 3.8) is 0 Å². The number of para-hydroxylation sites is 2. The zero-order valence-corrected chi connectivity index (χ0v) is 10.6. The summed E-state index contributed by atoms with van der Waals surface area (Å²) in [5, 5.41) is 10.7. The molecule has 0 unspecified atom stereocenters. The molecule has 0 aliphatic carbocycles. The lowest BCUT2D eigenvalue weighted by Crippen LogP contribution is -2.31. The number of nitrogens with zero attached hydrogens (tertiary/aromatic N) is 2. The summed E-state index contributed by atoms with van der Waals surface area (Å²) in [5.41, 5.74) is -0.0937. The number of benzene rings is 1. The maximum atomic E-state index is 11.2. The van der Waals surface area contributed by atoms with E-state index in [0.29, 0.717) is 6.54 Å². The minimum atomic E-state index is -0.511. The molecule has 98 valence electrons. The van der Waals surface area contributed by atoms with Crippen LogP contribution in [0, 0.1) is 10.1 Å². The van der Waals surface area contributed by atoms with Crippen LogP contribution in [-0.2, 0) is 4.79 Å². The van der Waals surface area contributed by atoms with Crippen LogP contribution in [0.25, 0.3) is 0 Å². The highest BCUT2D eigenvalue weighted by molar-refractivity contribution is 6.27. The SMILES string of the molecule is CN(CCOc1ccccc1[N+](=O)[O-])C(=O)CCl. The second-order valence-electron chi connectivity index (χ2n) is 3.52. The highest BCUT2D eigenvalue weighted by atomic mass is 35.5. The Hall–Kier alpha value is -1.82. The van der Waals surface area contributed by atoms with Crippen molar-refractivity contribution >= 4 is 23.2 Å². The predicted molar refractivity (Wildman–Crippen MR) is 66.9 cm³/mol. The summed E-state index contributed by atoms with van der Waals surface area (Å²) in [7, 11) is 1.59. The van der Waals surface area contributed by atoms with Crippen LogP contribution >= 0.6 is 11.6 Å². The topological polar surface area (TPSA) is 72.7 Å². The Morgan fingerprint density at radius 3 is 2.78 bits per heavy atom. The number of hydrogen-bond acceptors (Lipinski definition) is 4. The van der Waals surface area contributed by atoms with Crippen molar-refractivity contribution in [1.29, 1.82) is 0 Å². The molecule has 0 aromatic heterocycles. The standard InChI is InChI=1S/C11H13ClN2O4/c1-13(11(15)8-12)6-7-18-10-5-3-2-4-9(10)14(16)17/h2-5H,6-8H2,1H3. The van der Waals surface area contributed by atoms with E-state index >= 15 is 0 Å². The Kier molecular flexibility index (Phi) is 5.38. The third-order valence-electron chi connectivity index (χ3n) is 2.29. The van der Waals surface area contributed by atoms with Crippen LogP contribution in [0.5, 0.6) is 5.75 Å². The average molecular weight is 273 g/mol. The van der Waals surface area contributed by atoms with Crippen molar-refractivity contribution in [2.24, 2.45) is 0 Å². The van der Waals surface area contributed by atoms with E-state index in [1.54, 1.807) is 19.2 Å². The minimum Gasteiger partial charge on any atom is -0.485 e. The maximum Gasteiger partial charge on any atom is 0.310 e. The first-order valence-electron chi connectivity index (χ1n) is 5.22. The van der Waals surface area contributed by atoms with Gasteiger partial charge in [-0.3, -0.25) is 14.9 Å². The Bertz CT molecular complexity index is 439. The molecule has 1 rings (SSSR count). The molecule has 0 saturated heterocycles. The second kappa shape index (κ2) is 6.80. The van der Waals surface area contributed by atoms with Crippen molar-refractivity contribution in [2.75, 3.05) is 26.1 Å². The zero-order chi connectivity index (χ0) is 13.5. The van der Waals surface area contributed by atoms with E-state index in [1.807, 2.05) is 0 Å². The van der Waals surface area contributed by atoms with Crippen LogP contribution in [0.15, 0.2) is 24.3 Å². The van der Waals surface area contributed by atoms with Gasteiger partial charge in [0.2, 0.25) is 5.91 Å². The molecular weight excluding hydrogens is 260 g/mol. The van der Waals surface area contributed by atoms with E-state index in [2.05, 4.69) is 0 Å². The first-order valence-corrected chi connectivity index (χ1v) is 5.76. The number of ether oxygens (including phenoxy) is 1. The zero-order valence-electron chi connectivity index (χ0n) is 9.84. The number of hydrogen-bond donors (Lipinski definition) is 0. The molecule has 1 amide bonds. The Balaban J connectivity index is 2.54. The number of rotatable bonds is 6. The molecule has 0 atom stereocenters. The van der Waals surface area contributed by atoms with Gasteiger partial charge < -0.3 is 9.64 Å². The molecule has 0 bridgehead atoms. The van der Waals surface area contributed by atoms with Crippen LogP contribution in [0.3, 0.4) is 0 Å². The lowest BCUT2D eigenvalue weighted by atomic mass is 10.3. The number of halogens is 1. The quantitative estimate of drug-likeness (QED) is 0.449. The molecular formula is C11H13ClN2O4. The highest BCUT2D eigenvalue weighted by Gasteiger charge is 2.14. The number of alkyl halides is 1. The summed E-state index contributed by atoms with van der Waals surface area (Å²) in [6, 6.07) is 6.09. The summed E-state index contributed by atoms with van der Waals surface area (Å²) in [5.74, 6) is -0.126. The van der Waals surface area contributed by atoms with E-state index in [9.17, 15) is 14.9 Å². The Labute approximate surface area is 109 Å². The van der Waals surface area contributed by atoms with Gasteiger partial charge in [0.1, 0.15) is 12.5 Å². The first-order chi connectivity index (χ1) is 8.56. The summed E-state index contributed by atoms with van der Waals surface area (Å²) in [6.45, 7) is 0.488. The van der Waals surface area contributed by atoms with Gasteiger partial charge in [-0.25, -0.2) is 0 Å². The molecule has 0 radical (unpaired) electrons. The third kappa shape index (κ3) is 3.89. The normalized spacial score (nSPS) is 9.89. The van der Waals surface area contributed by atoms with E-state index in [-0.39, 0.29) is 29.8 Å². The summed E-state index contributed by atoms with van der Waals surface area (Å²) in [4.78, 5) is 22.8. The van der Waals surface area contributed by atoms with Gasteiger partial charge in [-0.1, -0.05) is 12.1 Å². The molecule has 0 spiro atoms. The molecule has 0 aliphatic rings. The molecule has 7 heteroatoms. The molecule has 0 fully saturated rings. The number of carbonyl (C=O) groups is 1. The van der Waals surface area contributed by atoms with Gasteiger partial charge in [-0.05, 0) is 6.07 Å². The van der Waals surface area contributed by atoms with Crippen molar-refractivity contribution in [3.8, 4) is 5.75 Å². The fraction of sp³-hybridized carbons (Fsp3) is 0.364. The number of nitro benzene ring substituents is 1. The predicted octanol–water partition coefficient (Wildman–Crippen LogP) is 1.67. The fourth-order valence-corrected chi connectivity index (χ4v) is 1.45. The van der Waals surface area contributed by atoms with Crippen LogP contribution in [0.2, 0.25) is 0 Å². The van der Waals surface area contributed by atoms with Gasteiger partial charge >= 0.3 is 5.69 Å².